The number of Topliss-reactive ketones (excluding diaryl/α,β-unsaturated/α-hetero) is 1. The van der Waals surface area contributed by atoms with Crippen molar-refractivity contribution in [2.24, 2.45) is 0 Å². The Morgan fingerprint density at radius 3 is 2.48 bits per heavy atom. The van der Waals surface area contributed by atoms with Gasteiger partial charge in [-0.2, -0.15) is 5.26 Å². The SMILES string of the molecule is CC(=O)c1cc(Oc2c(N)ccc(C)c2C#N)ccc1N. The first-order valence-corrected chi connectivity index (χ1v) is 6.31. The molecule has 0 aliphatic rings. The van der Waals surface area contributed by atoms with Crippen LogP contribution in [0.1, 0.15) is 28.4 Å². The minimum Gasteiger partial charge on any atom is -0.454 e. The van der Waals surface area contributed by atoms with Gasteiger partial charge < -0.3 is 16.2 Å². The molecule has 4 N–H and O–H groups in total. The van der Waals surface area contributed by atoms with Gasteiger partial charge in [-0.15, -0.1) is 0 Å². The van der Waals surface area contributed by atoms with Crippen LogP contribution >= 0.6 is 0 Å². The Balaban J connectivity index is 2.49. The summed E-state index contributed by atoms with van der Waals surface area (Å²) in [4.78, 5) is 11.5. The highest BCUT2D eigenvalue weighted by molar-refractivity contribution is 5.99. The molecule has 0 amide bonds. The van der Waals surface area contributed by atoms with Crippen LogP contribution in [-0.4, -0.2) is 5.78 Å². The number of hydrogen-bond donors (Lipinski definition) is 2. The molecule has 0 unspecified atom stereocenters. The molecule has 0 fully saturated rings. The summed E-state index contributed by atoms with van der Waals surface area (Å²) in [6.45, 7) is 3.23. The number of rotatable bonds is 3. The molecule has 0 radical (unpaired) electrons. The summed E-state index contributed by atoms with van der Waals surface area (Å²) in [7, 11) is 0. The summed E-state index contributed by atoms with van der Waals surface area (Å²) >= 11 is 0. The Kier molecular flexibility index (Phi) is 3.81. The van der Waals surface area contributed by atoms with Crippen molar-refractivity contribution in [2.45, 2.75) is 13.8 Å². The smallest absolute Gasteiger partial charge is 0.168 e. The molecule has 0 saturated heterocycles. The third-order valence-corrected chi connectivity index (χ3v) is 3.13. The summed E-state index contributed by atoms with van der Waals surface area (Å²) in [6, 6.07) is 10.3. The molecule has 5 heteroatoms. The quantitative estimate of drug-likeness (QED) is 0.665. The van der Waals surface area contributed by atoms with Crippen LogP contribution < -0.4 is 16.2 Å². The predicted molar refractivity (Wildman–Crippen MR) is 81.2 cm³/mol. The van der Waals surface area contributed by atoms with Gasteiger partial charge in [0.15, 0.2) is 11.5 Å². The molecule has 2 aromatic rings. The third-order valence-electron chi connectivity index (χ3n) is 3.13. The first kappa shape index (κ1) is 14.4. The van der Waals surface area contributed by atoms with E-state index < -0.39 is 0 Å². The second kappa shape index (κ2) is 5.55. The minimum absolute atomic E-state index is 0.157. The van der Waals surface area contributed by atoms with Crippen LogP contribution in [0.2, 0.25) is 0 Å². The number of hydrogen-bond acceptors (Lipinski definition) is 5. The van der Waals surface area contributed by atoms with Gasteiger partial charge in [-0.1, -0.05) is 6.07 Å². The van der Waals surface area contributed by atoms with E-state index in [0.717, 1.165) is 5.56 Å². The Labute approximate surface area is 122 Å². The molecule has 0 heterocycles. The molecule has 0 aliphatic heterocycles. The zero-order valence-electron chi connectivity index (χ0n) is 11.8. The summed E-state index contributed by atoms with van der Waals surface area (Å²) in [5, 5.41) is 9.23. The number of anilines is 2. The van der Waals surface area contributed by atoms with E-state index in [1.807, 2.05) is 0 Å². The second-order valence-electron chi connectivity index (χ2n) is 4.69. The fourth-order valence-electron chi connectivity index (χ4n) is 1.97. The van der Waals surface area contributed by atoms with Crippen LogP contribution in [-0.2, 0) is 0 Å². The highest BCUT2D eigenvalue weighted by Crippen LogP contribution is 2.34. The summed E-state index contributed by atoms with van der Waals surface area (Å²) < 4.78 is 5.70. The molecule has 0 spiro atoms. The van der Waals surface area contributed by atoms with Crippen molar-refractivity contribution in [1.29, 1.82) is 5.26 Å². The lowest BCUT2D eigenvalue weighted by molar-refractivity contribution is 0.101. The Bertz CT molecular complexity index is 761. The molecule has 106 valence electrons. The van der Waals surface area contributed by atoms with Crippen molar-refractivity contribution in [1.82, 2.24) is 0 Å². The van der Waals surface area contributed by atoms with E-state index in [4.69, 9.17) is 16.2 Å². The maximum atomic E-state index is 11.5. The lowest BCUT2D eigenvalue weighted by Gasteiger charge is -2.13. The Morgan fingerprint density at radius 1 is 1.19 bits per heavy atom. The molecule has 0 aromatic heterocycles. The normalized spacial score (nSPS) is 9.95. The molecule has 0 saturated carbocycles. The number of nitriles is 1. The first-order chi connectivity index (χ1) is 9.93. The van der Waals surface area contributed by atoms with Crippen molar-refractivity contribution < 1.29 is 9.53 Å². The number of benzene rings is 2. The van der Waals surface area contributed by atoms with Gasteiger partial charge in [-0.3, -0.25) is 4.79 Å². The zero-order valence-corrected chi connectivity index (χ0v) is 11.8. The van der Waals surface area contributed by atoms with Crippen LogP contribution in [0.4, 0.5) is 11.4 Å². The first-order valence-electron chi connectivity index (χ1n) is 6.31. The van der Waals surface area contributed by atoms with Gasteiger partial charge in [0, 0.05) is 11.3 Å². The van der Waals surface area contributed by atoms with Gasteiger partial charge in [0.1, 0.15) is 11.8 Å². The monoisotopic (exact) mass is 281 g/mol. The van der Waals surface area contributed by atoms with Crippen LogP contribution in [0.25, 0.3) is 0 Å². The van der Waals surface area contributed by atoms with Gasteiger partial charge in [0.05, 0.1) is 11.3 Å². The van der Waals surface area contributed by atoms with Crippen molar-refractivity contribution >= 4 is 17.2 Å². The summed E-state index contributed by atoms with van der Waals surface area (Å²) in [5.74, 6) is 0.538. The number of carbonyl (C=O) groups is 1. The molecule has 0 atom stereocenters. The van der Waals surface area contributed by atoms with Gasteiger partial charge in [-0.05, 0) is 43.7 Å². The van der Waals surface area contributed by atoms with Crippen molar-refractivity contribution in [3.8, 4) is 17.6 Å². The predicted octanol–water partition coefficient (Wildman–Crippen LogP) is 3.03. The van der Waals surface area contributed by atoms with Crippen LogP contribution in [0.5, 0.6) is 11.5 Å². The van der Waals surface area contributed by atoms with Gasteiger partial charge in [0.25, 0.3) is 0 Å². The van der Waals surface area contributed by atoms with E-state index in [-0.39, 0.29) is 11.5 Å². The second-order valence-corrected chi connectivity index (χ2v) is 4.69. The molecule has 5 nitrogen and oxygen atoms in total. The summed E-state index contributed by atoms with van der Waals surface area (Å²) in [6.07, 6.45) is 0. The maximum Gasteiger partial charge on any atom is 0.168 e. The van der Waals surface area contributed by atoms with Crippen molar-refractivity contribution in [3.63, 3.8) is 0 Å². The number of nitrogens with two attached hydrogens (primary N) is 2. The highest BCUT2D eigenvalue weighted by Gasteiger charge is 2.13. The highest BCUT2D eigenvalue weighted by atomic mass is 16.5. The molecular formula is C16H15N3O2. The molecule has 0 aliphatic carbocycles. The average molecular weight is 281 g/mol. The number of ether oxygens (including phenoxy) is 1. The van der Waals surface area contributed by atoms with E-state index in [9.17, 15) is 10.1 Å². The fraction of sp³-hybridized carbons (Fsp3) is 0.125. The van der Waals surface area contributed by atoms with E-state index >= 15 is 0 Å². The topological polar surface area (TPSA) is 102 Å². The minimum atomic E-state index is -0.157. The van der Waals surface area contributed by atoms with Crippen LogP contribution in [0.3, 0.4) is 0 Å². The number of ketones is 1. The standard InChI is InChI=1S/C16H15N3O2/c1-9-3-5-15(19)16(13(9)8-17)21-11-4-6-14(18)12(7-11)10(2)20/h3-7H,18-19H2,1-2H3. The van der Waals surface area contributed by atoms with E-state index in [0.29, 0.717) is 28.3 Å². The van der Waals surface area contributed by atoms with E-state index in [1.165, 1.54) is 6.92 Å². The lowest BCUT2D eigenvalue weighted by Crippen LogP contribution is -2.01. The number of nitrogens with zero attached hydrogens (tertiary/aromatic N) is 1. The lowest BCUT2D eigenvalue weighted by atomic mass is 10.1. The van der Waals surface area contributed by atoms with Crippen molar-refractivity contribution in [3.05, 3.63) is 47.0 Å². The van der Waals surface area contributed by atoms with Gasteiger partial charge in [-0.25, -0.2) is 0 Å². The molecule has 0 bridgehead atoms. The number of aryl methyl sites for hydroxylation is 1. The van der Waals surface area contributed by atoms with Gasteiger partial charge in [0.2, 0.25) is 0 Å². The Morgan fingerprint density at radius 2 is 1.86 bits per heavy atom. The van der Waals surface area contributed by atoms with Gasteiger partial charge >= 0.3 is 0 Å². The molecule has 2 aromatic carbocycles. The zero-order chi connectivity index (χ0) is 15.6. The number of nitrogen functional groups attached to an aromatic ring is 2. The molecule has 2 rings (SSSR count). The van der Waals surface area contributed by atoms with Crippen LogP contribution in [0, 0.1) is 18.3 Å². The molecule has 21 heavy (non-hydrogen) atoms. The fourth-order valence-corrected chi connectivity index (χ4v) is 1.97. The largest absolute Gasteiger partial charge is 0.454 e. The number of carbonyl (C=O) groups excluding carboxylic acids is 1. The Hall–Kier alpha value is -3.00. The average Bonchev–Trinajstić information content (AvgIpc) is 2.44. The third kappa shape index (κ3) is 2.79. The summed E-state index contributed by atoms with van der Waals surface area (Å²) in [5.41, 5.74) is 13.9. The molecular weight excluding hydrogens is 266 g/mol. The maximum absolute atomic E-state index is 11.5. The van der Waals surface area contributed by atoms with Crippen molar-refractivity contribution in [2.75, 3.05) is 11.5 Å². The van der Waals surface area contributed by atoms with E-state index in [1.54, 1.807) is 37.3 Å². The van der Waals surface area contributed by atoms with E-state index in [2.05, 4.69) is 6.07 Å². The van der Waals surface area contributed by atoms with Crippen LogP contribution in [0.15, 0.2) is 30.3 Å².